The van der Waals surface area contributed by atoms with Crippen LogP contribution in [0.15, 0.2) is 224 Å². The van der Waals surface area contributed by atoms with Crippen molar-refractivity contribution in [1.29, 1.82) is 0 Å². The van der Waals surface area contributed by atoms with Crippen LogP contribution in [0.3, 0.4) is 0 Å². The number of hydrogen-bond acceptors (Lipinski definition) is 29. The molecule has 1 atom stereocenters. The van der Waals surface area contributed by atoms with Gasteiger partial charge in [-0.05, 0) is 134 Å². The molecule has 1 fully saturated rings. The number of aliphatic imine (C=N–C) groups is 1. The molecule has 6 rings (SSSR count). The first-order valence-corrected chi connectivity index (χ1v) is 44.5. The number of aliphatic hydroxyl groups excluding tert-OH is 2. The van der Waals surface area contributed by atoms with Gasteiger partial charge < -0.3 is 94.8 Å². The number of aliphatic hydroxyl groups is 2. The van der Waals surface area contributed by atoms with Gasteiger partial charge in [0.15, 0.2) is 12.4 Å². The number of nitrogens with one attached hydrogen (secondary N) is 8. The molecule has 5 aromatic carbocycles. The van der Waals surface area contributed by atoms with Crippen molar-refractivity contribution >= 4 is 135 Å². The fourth-order valence-electron chi connectivity index (χ4n) is 9.58. The average Bonchev–Trinajstić information content (AvgIpc) is 0.836. The number of ether oxygens (including phenoxy) is 10. The number of carbonyl (C=O) groups excluding carboxylic acids is 16. The Balaban J connectivity index is -0.00000151. The maximum Gasteiger partial charge on any atom is 0.411 e. The number of esters is 8. The van der Waals surface area contributed by atoms with Crippen LogP contribution in [0.4, 0.5) is 35.3 Å². The van der Waals surface area contributed by atoms with E-state index in [0.29, 0.717) is 65.4 Å². The molecule has 1 aliphatic carbocycles. The number of benzene rings is 5. The van der Waals surface area contributed by atoms with E-state index in [4.69, 9.17) is 43.4 Å². The van der Waals surface area contributed by atoms with E-state index >= 15 is 0 Å². The number of urea groups is 3. The van der Waals surface area contributed by atoms with Crippen molar-refractivity contribution in [3.8, 4) is 0 Å². The number of isocyanates is 1. The van der Waals surface area contributed by atoms with Gasteiger partial charge in [0, 0.05) is 68.2 Å². The smallest absolute Gasteiger partial charge is 0.411 e. The van der Waals surface area contributed by atoms with Crippen molar-refractivity contribution in [2.24, 2.45) is 4.99 Å². The quantitative estimate of drug-likeness (QED) is 0.00329. The maximum absolute atomic E-state index is 11.9. The van der Waals surface area contributed by atoms with Crippen molar-refractivity contribution in [3.63, 3.8) is 0 Å². The van der Waals surface area contributed by atoms with Crippen LogP contribution in [0.5, 0.6) is 0 Å². The SMILES string of the molecule is C=C(C)C(=O)OCC(=O)CC(C)=O.C=C(C)C(=O)OCC(O)CO.C=C(C)C(=O)OCCN=C=O.C=C(C)C(=O)OCCNC(=O)NC1CCCCC1.C=C(C)C(=O)OCCNC(=O)NCCCCCC.C=C(C)C(=O)OCCNC(=O)Nc1cccc2ccccc12.C=C(C)C(=O)OCCNC(=O)OCCCC.C=C(C)C(=O)OCCOC(=O)Nc1ccccc1.C=Cc1ccc2ccccc2c1. The summed E-state index contributed by atoms with van der Waals surface area (Å²) in [6, 6.07) is 36.6. The molecule has 0 aromatic heterocycles. The maximum atomic E-state index is 11.9. The summed E-state index contributed by atoms with van der Waals surface area (Å²) in [7, 11) is 0. The van der Waals surface area contributed by atoms with Gasteiger partial charge >= 0.3 is 78.0 Å². The Hall–Kier alpha value is -15.0. The second-order valence-corrected chi connectivity index (χ2v) is 30.2. The predicted octanol–water partition coefficient (Wildman–Crippen LogP) is 14.8. The van der Waals surface area contributed by atoms with E-state index in [0.717, 1.165) is 55.0 Å². The zero-order valence-electron chi connectivity index (χ0n) is 82.0. The van der Waals surface area contributed by atoms with Crippen LogP contribution in [0.2, 0.25) is 0 Å². The molecule has 0 spiro atoms. The van der Waals surface area contributed by atoms with Gasteiger partial charge in [-0.1, -0.05) is 215 Å². The molecule has 139 heavy (non-hydrogen) atoms. The van der Waals surface area contributed by atoms with Crippen molar-refractivity contribution in [1.82, 2.24) is 31.9 Å². The molecule has 762 valence electrons. The van der Waals surface area contributed by atoms with Crippen LogP contribution in [0, 0.1) is 0 Å². The third kappa shape index (κ3) is 73.1. The van der Waals surface area contributed by atoms with Gasteiger partial charge in [0.2, 0.25) is 6.08 Å². The standard InChI is InChI=1S/C17H18N2O3.C13H22N2O3.C13H24N2O3.C13H15NO4.C12H10.C11H19NO4.C9H12O4.C7H9NO3.C7H12O4/c1-12(2)16(20)22-11-10-18-17(21)19-15-9-5-7-13-6-3-4-8-14(13)15;1-10(2)12(16)18-9-8-14-13(17)15-11-6-4-3-5-7-11;1-4-5-6-7-8-14-13(17)15-9-10-18-12(16)11(2)3;1-10(2)12(15)17-8-9-18-13(16)14-11-6-4-3-5-7-11;1-2-10-7-8-11-5-3-4-6-12(11)9-10;1-4-5-7-16-11(14)12-6-8-15-10(13)9(2)3;1-6(2)9(12)13-5-8(11)4-7(3)10;1-6(2)7(10)11-4-3-8-5-9;1-5(2)7(10)11-4-6(9)3-8/h3-9H,1,10-11H2,2H3,(H2,18,19,21);11H,1,3-9H2,2H3,(H2,14,15,17);2,4-10H2,1,3H3,(H2,14,15,17);3-7H,1,8-9H2,2H3,(H,14,16);2-9H,1H2;2,4-8H2,1,3H3,(H,12,14);1,4-5H2,2-3H3;1,3-4H2,2H3;6,8-9H,1,3-4H2,2H3. The molecule has 1 aliphatic rings. The summed E-state index contributed by atoms with van der Waals surface area (Å²) in [4.78, 5) is 178. The lowest BCUT2D eigenvalue weighted by atomic mass is 9.96. The molecule has 8 amide bonds. The van der Waals surface area contributed by atoms with Crippen molar-refractivity contribution in [2.75, 3.05) is 123 Å². The zero-order chi connectivity index (χ0) is 105. The van der Waals surface area contributed by atoms with Crippen molar-refractivity contribution in [3.05, 3.63) is 225 Å². The molecule has 0 aliphatic heterocycles. The molecule has 5 aromatic rings. The Kier molecular flexibility index (Phi) is 75.0. The number of carbonyl (C=O) groups is 15. The minimum absolute atomic E-state index is 0.00229. The Morgan fingerprint density at radius 1 is 0.417 bits per heavy atom. The third-order valence-corrected chi connectivity index (χ3v) is 16.8. The molecule has 0 radical (unpaired) electrons. The number of amides is 8. The summed E-state index contributed by atoms with van der Waals surface area (Å²) < 4.78 is 47.4. The molecule has 0 saturated heterocycles. The first-order valence-electron chi connectivity index (χ1n) is 44.5. The van der Waals surface area contributed by atoms with Crippen molar-refractivity contribution < 1.29 is 134 Å². The molecule has 0 bridgehead atoms. The number of Topliss-reactive ketones (excluding diaryl/α,β-unsaturated/α-hetero) is 2. The summed E-state index contributed by atoms with van der Waals surface area (Å²) in [5.41, 5.74) is 5.09. The molecular formula is C102H141N9O28. The number of rotatable bonds is 45. The minimum Gasteiger partial charge on any atom is -0.460 e. The van der Waals surface area contributed by atoms with Crippen LogP contribution in [0.1, 0.15) is 159 Å². The molecular weight excluding hydrogens is 1800 g/mol. The van der Waals surface area contributed by atoms with Gasteiger partial charge in [0.1, 0.15) is 64.7 Å². The molecule has 1 saturated carbocycles. The minimum atomic E-state index is -1.00. The van der Waals surface area contributed by atoms with Crippen molar-refractivity contribution in [2.45, 2.75) is 165 Å². The van der Waals surface area contributed by atoms with Crippen LogP contribution in [0.25, 0.3) is 27.6 Å². The lowest BCUT2D eigenvalue weighted by molar-refractivity contribution is -0.144. The normalized spacial score (nSPS) is 10.5. The highest BCUT2D eigenvalue weighted by molar-refractivity contribution is 6.02. The highest BCUT2D eigenvalue weighted by Crippen LogP contribution is 2.23. The summed E-state index contributed by atoms with van der Waals surface area (Å²) in [5, 5.41) is 43.0. The number of alkyl carbamates (subject to hydrolysis) is 1. The topological polar surface area (TPSA) is 514 Å². The number of hydrogen-bond donors (Lipinski definition) is 10. The van der Waals surface area contributed by atoms with E-state index in [1.165, 1.54) is 75.3 Å². The predicted molar refractivity (Wildman–Crippen MR) is 532 cm³/mol. The largest absolute Gasteiger partial charge is 0.460 e. The highest BCUT2D eigenvalue weighted by atomic mass is 16.6. The summed E-state index contributed by atoms with van der Waals surface area (Å²) in [6.45, 7) is 51.0. The number of para-hydroxylation sites is 1. The Labute approximate surface area is 814 Å². The van der Waals surface area contributed by atoms with Gasteiger partial charge in [0.05, 0.1) is 58.0 Å². The fraction of sp³-hybridized carbons (Fsp3) is 0.412. The highest BCUT2D eigenvalue weighted by Gasteiger charge is 2.17. The van der Waals surface area contributed by atoms with Crippen LogP contribution in [-0.2, 0) is 100 Å². The molecule has 37 heteroatoms. The van der Waals surface area contributed by atoms with Crippen LogP contribution < -0.4 is 42.5 Å². The number of fused-ring (bicyclic) bond motifs is 2. The van der Waals surface area contributed by atoms with Gasteiger partial charge in [-0.25, -0.2) is 72.1 Å². The molecule has 1 unspecified atom stereocenters. The molecule has 37 nitrogen and oxygen atoms in total. The van der Waals surface area contributed by atoms with Gasteiger partial charge in [0.25, 0.3) is 0 Å². The Morgan fingerprint density at radius 2 is 0.842 bits per heavy atom. The van der Waals surface area contributed by atoms with E-state index in [2.05, 4.69) is 170 Å². The Morgan fingerprint density at radius 3 is 1.33 bits per heavy atom. The second kappa shape index (κ2) is 81.4. The fourth-order valence-corrected chi connectivity index (χ4v) is 9.58. The Bertz CT molecular complexity index is 4840. The lowest BCUT2D eigenvalue weighted by Crippen LogP contribution is -2.43. The summed E-state index contributed by atoms with van der Waals surface area (Å²) >= 11 is 0. The van der Waals surface area contributed by atoms with Gasteiger partial charge in [-0.2, -0.15) is 0 Å². The van der Waals surface area contributed by atoms with Gasteiger partial charge in [-0.3, -0.25) is 14.9 Å². The first-order chi connectivity index (χ1) is 66.0. The van der Waals surface area contributed by atoms with E-state index in [9.17, 15) is 76.7 Å². The second-order valence-electron chi connectivity index (χ2n) is 30.2. The van der Waals surface area contributed by atoms with E-state index in [1.807, 2.05) is 61.5 Å². The molecule has 0 heterocycles. The summed E-state index contributed by atoms with van der Waals surface area (Å²) in [5.74, 6) is -4.56. The van der Waals surface area contributed by atoms with Crippen LogP contribution in [-0.4, -0.2) is 230 Å². The van der Waals surface area contributed by atoms with E-state index in [-0.39, 0.29) is 127 Å². The van der Waals surface area contributed by atoms with E-state index < -0.39 is 78.4 Å². The zero-order valence-corrected chi connectivity index (χ0v) is 82.0. The third-order valence-electron chi connectivity index (χ3n) is 16.8. The number of nitrogens with zero attached hydrogens (tertiary/aromatic N) is 1. The van der Waals surface area contributed by atoms with E-state index in [1.54, 1.807) is 65.8 Å². The van der Waals surface area contributed by atoms with Gasteiger partial charge in [-0.15, -0.1) is 0 Å². The number of anilines is 2. The average molecular weight is 1940 g/mol. The number of unbranched alkanes of at least 4 members (excludes halogenated alkanes) is 4. The molecule has 10 N–H and O–H groups in total. The number of ketones is 2. The monoisotopic (exact) mass is 1940 g/mol. The summed E-state index contributed by atoms with van der Waals surface area (Å²) in [6.07, 6.45) is 13.0. The van der Waals surface area contributed by atoms with Crippen LogP contribution >= 0.6 is 0 Å². The lowest BCUT2D eigenvalue weighted by Gasteiger charge is -2.22. The first kappa shape index (κ1) is 128.